The summed E-state index contributed by atoms with van der Waals surface area (Å²) in [6, 6.07) is 3.99. The highest BCUT2D eigenvalue weighted by atomic mass is 16.6. The molecule has 10 heteroatoms. The van der Waals surface area contributed by atoms with Gasteiger partial charge in [-0.1, -0.05) is 25.0 Å². The van der Waals surface area contributed by atoms with Crippen molar-refractivity contribution in [1.29, 1.82) is 0 Å². The SMILES string of the molecule is CC(C)(C)OC(=O)N[C@H](C(=O)NCc1ccc2c(c1)CN(C1CCC(=O)NC1=O)C2=O)C1CCCC1. The van der Waals surface area contributed by atoms with E-state index >= 15 is 0 Å². The summed E-state index contributed by atoms with van der Waals surface area (Å²) in [6.45, 7) is 5.83. The van der Waals surface area contributed by atoms with Crippen molar-refractivity contribution in [3.05, 3.63) is 34.9 Å². The van der Waals surface area contributed by atoms with Crippen LogP contribution in [0, 0.1) is 5.92 Å². The summed E-state index contributed by atoms with van der Waals surface area (Å²) >= 11 is 0. The van der Waals surface area contributed by atoms with E-state index in [4.69, 9.17) is 4.74 Å². The molecule has 0 aromatic heterocycles. The van der Waals surface area contributed by atoms with E-state index in [-0.39, 0.29) is 43.1 Å². The minimum Gasteiger partial charge on any atom is -0.444 e. The number of carbonyl (C=O) groups is 5. The number of piperidine rings is 1. The van der Waals surface area contributed by atoms with Gasteiger partial charge in [-0.2, -0.15) is 0 Å². The number of nitrogens with zero attached hydrogens (tertiary/aromatic N) is 1. The second-order valence-corrected chi connectivity index (χ2v) is 10.8. The van der Waals surface area contributed by atoms with Crippen molar-refractivity contribution in [2.75, 3.05) is 0 Å². The molecule has 1 unspecified atom stereocenters. The van der Waals surface area contributed by atoms with Crippen LogP contribution in [0.1, 0.15) is 80.8 Å². The zero-order valence-electron chi connectivity index (χ0n) is 21.0. The lowest BCUT2D eigenvalue weighted by Gasteiger charge is -2.29. The molecule has 2 atom stereocenters. The van der Waals surface area contributed by atoms with E-state index in [9.17, 15) is 24.0 Å². The van der Waals surface area contributed by atoms with Gasteiger partial charge in [0.2, 0.25) is 17.7 Å². The predicted molar refractivity (Wildman–Crippen MR) is 129 cm³/mol. The smallest absolute Gasteiger partial charge is 0.408 e. The van der Waals surface area contributed by atoms with Crippen molar-refractivity contribution in [2.45, 2.75) is 90.1 Å². The van der Waals surface area contributed by atoms with Gasteiger partial charge in [0.1, 0.15) is 17.7 Å². The maximum absolute atomic E-state index is 13.1. The fourth-order valence-corrected chi connectivity index (χ4v) is 5.16. The number of hydrogen-bond donors (Lipinski definition) is 3. The van der Waals surface area contributed by atoms with Gasteiger partial charge in [-0.3, -0.25) is 24.5 Å². The van der Waals surface area contributed by atoms with Crippen LogP contribution >= 0.6 is 0 Å². The van der Waals surface area contributed by atoms with E-state index in [0.29, 0.717) is 12.0 Å². The van der Waals surface area contributed by atoms with Crippen LogP contribution in [0.4, 0.5) is 4.79 Å². The number of hydrogen-bond acceptors (Lipinski definition) is 6. The first-order chi connectivity index (χ1) is 17.0. The zero-order chi connectivity index (χ0) is 26.0. The third kappa shape index (κ3) is 5.85. The lowest BCUT2D eigenvalue weighted by atomic mass is 9.97. The van der Waals surface area contributed by atoms with Gasteiger partial charge in [0.25, 0.3) is 5.91 Å². The molecule has 3 N–H and O–H groups in total. The monoisotopic (exact) mass is 498 g/mol. The van der Waals surface area contributed by atoms with Crippen molar-refractivity contribution in [3.63, 3.8) is 0 Å². The fraction of sp³-hybridized carbons (Fsp3) is 0.577. The fourth-order valence-electron chi connectivity index (χ4n) is 5.16. The molecule has 0 spiro atoms. The van der Waals surface area contributed by atoms with Crippen LogP contribution in [0.5, 0.6) is 0 Å². The van der Waals surface area contributed by atoms with Gasteiger partial charge in [-0.05, 0) is 63.1 Å². The normalized spacial score (nSPS) is 21.1. The molecule has 1 aliphatic carbocycles. The summed E-state index contributed by atoms with van der Waals surface area (Å²) in [5.41, 5.74) is 1.44. The second kappa shape index (κ2) is 10.3. The molecule has 36 heavy (non-hydrogen) atoms. The summed E-state index contributed by atoms with van der Waals surface area (Å²) in [5, 5.41) is 7.98. The average molecular weight is 499 g/mol. The third-order valence-electron chi connectivity index (χ3n) is 6.88. The Balaban J connectivity index is 1.39. The van der Waals surface area contributed by atoms with Crippen LogP contribution in [0.3, 0.4) is 0 Å². The van der Waals surface area contributed by atoms with Gasteiger partial charge in [0, 0.05) is 25.1 Å². The number of benzene rings is 1. The van der Waals surface area contributed by atoms with E-state index < -0.39 is 29.7 Å². The Bertz CT molecular complexity index is 1070. The molecule has 1 saturated heterocycles. The van der Waals surface area contributed by atoms with Crippen molar-refractivity contribution in [3.8, 4) is 0 Å². The van der Waals surface area contributed by atoms with Crippen LogP contribution in [0.2, 0.25) is 0 Å². The standard InChI is InChI=1S/C26H34N4O6/c1-26(2,3)36-25(35)29-21(16-6-4-5-7-16)23(33)27-13-15-8-9-18-17(12-15)14-30(24(18)34)19-10-11-20(31)28-22(19)32/h8-9,12,16,19,21H,4-7,10-11,13-14H2,1-3H3,(H,27,33)(H,29,35)(H,28,31,32)/t19?,21-/m0/s1. The van der Waals surface area contributed by atoms with Crippen molar-refractivity contribution in [1.82, 2.24) is 20.9 Å². The van der Waals surface area contributed by atoms with Gasteiger partial charge >= 0.3 is 6.09 Å². The number of ether oxygens (including phenoxy) is 1. The molecular weight excluding hydrogens is 464 g/mol. The summed E-state index contributed by atoms with van der Waals surface area (Å²) < 4.78 is 5.36. The number of nitrogens with one attached hydrogen (secondary N) is 3. The molecule has 1 aromatic carbocycles. The summed E-state index contributed by atoms with van der Waals surface area (Å²) in [6.07, 6.45) is 3.67. The van der Waals surface area contributed by atoms with Crippen LogP contribution < -0.4 is 16.0 Å². The Morgan fingerprint density at radius 2 is 1.86 bits per heavy atom. The Kier molecular flexibility index (Phi) is 7.33. The molecule has 2 fully saturated rings. The highest BCUT2D eigenvalue weighted by molar-refractivity contribution is 6.05. The second-order valence-electron chi connectivity index (χ2n) is 10.8. The Hall–Kier alpha value is -3.43. The Labute approximate surface area is 210 Å². The van der Waals surface area contributed by atoms with E-state index in [1.54, 1.807) is 32.9 Å². The molecule has 2 aliphatic heterocycles. The van der Waals surface area contributed by atoms with Crippen molar-refractivity contribution in [2.24, 2.45) is 5.92 Å². The maximum Gasteiger partial charge on any atom is 0.408 e. The largest absolute Gasteiger partial charge is 0.444 e. The predicted octanol–water partition coefficient (Wildman–Crippen LogP) is 2.15. The minimum absolute atomic E-state index is 0.0530. The zero-order valence-corrected chi connectivity index (χ0v) is 21.0. The molecule has 2 heterocycles. The van der Waals surface area contributed by atoms with Gasteiger partial charge in [0.05, 0.1) is 0 Å². The molecule has 1 aromatic rings. The molecule has 194 valence electrons. The first kappa shape index (κ1) is 25.7. The number of alkyl carbamates (subject to hydrolysis) is 1. The van der Waals surface area contributed by atoms with E-state index in [1.165, 1.54) is 4.90 Å². The average Bonchev–Trinajstić information content (AvgIpc) is 3.43. The Morgan fingerprint density at radius 3 is 2.53 bits per heavy atom. The highest BCUT2D eigenvalue weighted by Gasteiger charge is 2.39. The van der Waals surface area contributed by atoms with Crippen LogP contribution in [-0.2, 0) is 32.2 Å². The van der Waals surface area contributed by atoms with Gasteiger partial charge in [-0.15, -0.1) is 0 Å². The van der Waals surface area contributed by atoms with E-state index in [2.05, 4.69) is 16.0 Å². The topological polar surface area (TPSA) is 134 Å². The molecule has 1 saturated carbocycles. The Morgan fingerprint density at radius 1 is 1.14 bits per heavy atom. The summed E-state index contributed by atoms with van der Waals surface area (Å²) in [7, 11) is 0. The van der Waals surface area contributed by atoms with Gasteiger partial charge in [0.15, 0.2) is 0 Å². The molecule has 5 amide bonds. The van der Waals surface area contributed by atoms with Crippen molar-refractivity contribution >= 4 is 29.7 Å². The number of amides is 5. The molecule has 4 rings (SSSR count). The van der Waals surface area contributed by atoms with Crippen LogP contribution in [0.25, 0.3) is 0 Å². The number of rotatable bonds is 6. The van der Waals surface area contributed by atoms with Gasteiger partial charge in [-0.25, -0.2) is 4.79 Å². The van der Waals surface area contributed by atoms with E-state index in [1.807, 2.05) is 6.07 Å². The molecule has 10 nitrogen and oxygen atoms in total. The number of carbonyl (C=O) groups excluding carboxylic acids is 5. The van der Waals surface area contributed by atoms with Crippen LogP contribution in [-0.4, -0.2) is 52.3 Å². The molecule has 0 radical (unpaired) electrons. The van der Waals surface area contributed by atoms with Gasteiger partial charge < -0.3 is 20.3 Å². The molecular formula is C26H34N4O6. The number of imide groups is 1. The first-order valence-electron chi connectivity index (χ1n) is 12.6. The van der Waals surface area contributed by atoms with Crippen molar-refractivity contribution < 1.29 is 28.7 Å². The highest BCUT2D eigenvalue weighted by Crippen LogP contribution is 2.29. The quantitative estimate of drug-likeness (QED) is 0.515. The lowest BCUT2D eigenvalue weighted by molar-refractivity contribution is -0.137. The molecule has 0 bridgehead atoms. The van der Waals surface area contributed by atoms with Crippen LogP contribution in [0.15, 0.2) is 18.2 Å². The summed E-state index contributed by atoms with van der Waals surface area (Å²) in [4.78, 5) is 63.5. The molecule has 3 aliphatic rings. The first-order valence-corrected chi connectivity index (χ1v) is 12.6. The van der Waals surface area contributed by atoms with E-state index in [0.717, 1.165) is 36.8 Å². The maximum atomic E-state index is 13.1. The minimum atomic E-state index is -0.679. The summed E-state index contributed by atoms with van der Waals surface area (Å²) in [5.74, 6) is -1.23. The third-order valence-corrected chi connectivity index (χ3v) is 6.88. The number of fused-ring (bicyclic) bond motifs is 1. The lowest BCUT2D eigenvalue weighted by Crippen LogP contribution is -2.52.